The summed E-state index contributed by atoms with van der Waals surface area (Å²) in [5, 5.41) is 16.3. The molecule has 0 saturated carbocycles. The van der Waals surface area contributed by atoms with Gasteiger partial charge in [-0.1, -0.05) is 59.8 Å². The van der Waals surface area contributed by atoms with Crippen LogP contribution in [0.3, 0.4) is 0 Å². The molecular weight excluding hydrogens is 442 g/mol. The van der Waals surface area contributed by atoms with Gasteiger partial charge >= 0.3 is 5.97 Å². The average Bonchev–Trinajstić information content (AvgIpc) is 3.35. The van der Waals surface area contributed by atoms with Crippen LogP contribution in [-0.4, -0.2) is 34.4 Å². The maximum absolute atomic E-state index is 11.1. The molecular formula is C28H29N3O4. The van der Waals surface area contributed by atoms with Crippen LogP contribution in [0.15, 0.2) is 71.3 Å². The molecule has 0 unspecified atom stereocenters. The Balaban J connectivity index is 1.57. The first-order valence-electron chi connectivity index (χ1n) is 11.5. The minimum Gasteiger partial charge on any atom is -0.480 e. The lowest BCUT2D eigenvalue weighted by atomic mass is 9.94. The number of carbonyl (C=O) groups is 1. The zero-order valence-electron chi connectivity index (χ0n) is 20.3. The molecule has 0 amide bonds. The second-order valence-electron chi connectivity index (χ2n) is 8.61. The lowest BCUT2D eigenvalue weighted by Gasteiger charge is -2.17. The molecule has 35 heavy (non-hydrogen) atoms. The van der Waals surface area contributed by atoms with Crippen LogP contribution in [0.2, 0.25) is 0 Å². The van der Waals surface area contributed by atoms with Crippen molar-refractivity contribution in [3.8, 4) is 34.0 Å². The van der Waals surface area contributed by atoms with Crippen LogP contribution < -0.4 is 5.32 Å². The molecule has 2 atom stereocenters. The van der Waals surface area contributed by atoms with Gasteiger partial charge in [0.05, 0.1) is 6.61 Å². The Hall–Kier alpha value is -3.81. The molecule has 0 saturated heterocycles. The smallest absolute Gasteiger partial charge is 0.320 e. The van der Waals surface area contributed by atoms with E-state index in [1.807, 2.05) is 55.5 Å². The number of nitrogens with zero attached hydrogens (tertiary/aromatic N) is 2. The van der Waals surface area contributed by atoms with Crippen molar-refractivity contribution in [1.82, 2.24) is 15.5 Å². The van der Waals surface area contributed by atoms with Gasteiger partial charge in [-0.25, -0.2) is 0 Å². The van der Waals surface area contributed by atoms with E-state index in [4.69, 9.17) is 14.4 Å². The van der Waals surface area contributed by atoms with Crippen molar-refractivity contribution in [1.29, 1.82) is 0 Å². The summed E-state index contributed by atoms with van der Waals surface area (Å²) in [5.74, 6) is 0.0406. The maximum atomic E-state index is 11.1. The number of aromatic nitrogens is 2. The monoisotopic (exact) mass is 471 g/mol. The molecule has 3 aromatic carbocycles. The number of aryl methyl sites for hydroxylation is 1. The van der Waals surface area contributed by atoms with E-state index in [-0.39, 0.29) is 6.04 Å². The fourth-order valence-corrected chi connectivity index (χ4v) is 4.06. The maximum Gasteiger partial charge on any atom is 0.320 e. The zero-order chi connectivity index (χ0) is 24.9. The molecule has 1 aromatic heterocycles. The Kier molecular flexibility index (Phi) is 7.39. The predicted octanol–water partition coefficient (Wildman–Crippen LogP) is 5.65. The number of hydrogen-bond acceptors (Lipinski definition) is 6. The summed E-state index contributed by atoms with van der Waals surface area (Å²) in [6.07, 6.45) is 0. The molecule has 0 bridgehead atoms. The third kappa shape index (κ3) is 5.48. The van der Waals surface area contributed by atoms with E-state index in [0.717, 1.165) is 27.8 Å². The number of hydrogen-bond donors (Lipinski definition) is 2. The van der Waals surface area contributed by atoms with Gasteiger partial charge in [0.1, 0.15) is 6.04 Å². The van der Waals surface area contributed by atoms with Crippen molar-refractivity contribution in [3.63, 3.8) is 0 Å². The van der Waals surface area contributed by atoms with Gasteiger partial charge in [0, 0.05) is 24.3 Å². The van der Waals surface area contributed by atoms with Crippen molar-refractivity contribution in [2.24, 2.45) is 0 Å². The fourth-order valence-electron chi connectivity index (χ4n) is 4.06. The molecule has 4 rings (SSSR count). The topological polar surface area (TPSA) is 97.5 Å². The quantitative estimate of drug-likeness (QED) is 0.326. The van der Waals surface area contributed by atoms with Gasteiger partial charge in [-0.05, 0) is 60.7 Å². The lowest BCUT2D eigenvalue weighted by Crippen LogP contribution is -2.35. The van der Waals surface area contributed by atoms with E-state index in [0.29, 0.717) is 18.3 Å². The van der Waals surface area contributed by atoms with Crippen molar-refractivity contribution >= 4 is 5.97 Å². The van der Waals surface area contributed by atoms with E-state index in [1.165, 1.54) is 11.1 Å². The van der Waals surface area contributed by atoms with Crippen molar-refractivity contribution < 1.29 is 19.2 Å². The van der Waals surface area contributed by atoms with Gasteiger partial charge < -0.3 is 14.4 Å². The highest BCUT2D eigenvalue weighted by atomic mass is 16.5. The van der Waals surface area contributed by atoms with Gasteiger partial charge in [0.15, 0.2) is 0 Å². The van der Waals surface area contributed by atoms with Crippen molar-refractivity contribution in [3.05, 3.63) is 83.4 Å². The second-order valence-corrected chi connectivity index (χ2v) is 8.61. The minimum atomic E-state index is -0.881. The lowest BCUT2D eigenvalue weighted by molar-refractivity contribution is -0.139. The van der Waals surface area contributed by atoms with Gasteiger partial charge in [-0.15, -0.1) is 0 Å². The largest absolute Gasteiger partial charge is 0.480 e. The highest BCUT2D eigenvalue weighted by Gasteiger charge is 2.17. The number of nitrogens with one attached hydrogen (secondary N) is 1. The Labute approximate surface area is 204 Å². The van der Waals surface area contributed by atoms with Crippen LogP contribution >= 0.6 is 0 Å². The fraction of sp³-hybridized carbons (Fsp3) is 0.250. The van der Waals surface area contributed by atoms with Crippen molar-refractivity contribution in [2.75, 3.05) is 7.11 Å². The van der Waals surface area contributed by atoms with Gasteiger partial charge in [0.25, 0.3) is 5.89 Å². The standard InChI is InChI=1S/C28H29N3O4/c1-17-7-5-6-8-24(17)25-14-13-22(15-23(25)16-34-4)27-30-26(31-35-27)21-11-9-20(10-12-21)18(2)29-19(3)28(32)33/h5-15,18-19,29H,16H2,1-4H3,(H,32,33)/t18-,19+/m0/s1. The van der Waals surface area contributed by atoms with Crippen LogP contribution in [0.5, 0.6) is 0 Å². The number of aliphatic carboxylic acids is 1. The molecule has 1 heterocycles. The molecule has 180 valence electrons. The minimum absolute atomic E-state index is 0.109. The summed E-state index contributed by atoms with van der Waals surface area (Å²) >= 11 is 0. The van der Waals surface area contributed by atoms with Crippen LogP contribution in [0.25, 0.3) is 34.0 Å². The Morgan fingerprint density at radius 2 is 1.74 bits per heavy atom. The summed E-state index contributed by atoms with van der Waals surface area (Å²) in [6.45, 7) is 6.12. The second kappa shape index (κ2) is 10.6. The normalized spacial score (nSPS) is 12.9. The molecule has 0 fully saturated rings. The third-order valence-electron chi connectivity index (χ3n) is 6.05. The van der Waals surface area contributed by atoms with Gasteiger partial charge in [-0.2, -0.15) is 4.98 Å². The summed E-state index contributed by atoms with van der Waals surface area (Å²) in [6, 6.07) is 21.3. The number of benzene rings is 3. The highest BCUT2D eigenvalue weighted by Crippen LogP contribution is 2.31. The molecule has 0 radical (unpaired) electrons. The van der Waals surface area contributed by atoms with Gasteiger partial charge in [0.2, 0.25) is 5.82 Å². The van der Waals surface area contributed by atoms with Crippen LogP contribution in [0, 0.1) is 6.92 Å². The number of rotatable bonds is 9. The molecule has 2 N–H and O–H groups in total. The molecule has 0 aliphatic carbocycles. The number of carboxylic acid groups (broad SMARTS) is 1. The van der Waals surface area contributed by atoms with E-state index in [1.54, 1.807) is 14.0 Å². The molecule has 4 aromatic rings. The first-order chi connectivity index (χ1) is 16.9. The van der Waals surface area contributed by atoms with Crippen LogP contribution in [0.4, 0.5) is 0 Å². The molecule has 0 spiro atoms. The summed E-state index contributed by atoms with van der Waals surface area (Å²) < 4.78 is 11.0. The summed E-state index contributed by atoms with van der Waals surface area (Å²) in [7, 11) is 1.68. The highest BCUT2D eigenvalue weighted by molar-refractivity contribution is 5.74. The number of ether oxygens (including phenoxy) is 1. The molecule has 0 aliphatic heterocycles. The average molecular weight is 472 g/mol. The summed E-state index contributed by atoms with van der Waals surface area (Å²) in [5.41, 5.74) is 7.13. The first kappa shape index (κ1) is 24.3. The molecule has 7 heteroatoms. The van der Waals surface area contributed by atoms with Gasteiger partial charge in [-0.3, -0.25) is 10.1 Å². The van der Waals surface area contributed by atoms with Crippen molar-refractivity contribution in [2.45, 2.75) is 39.5 Å². The zero-order valence-corrected chi connectivity index (χ0v) is 20.3. The number of methoxy groups -OCH3 is 1. The Morgan fingerprint density at radius 1 is 1.03 bits per heavy atom. The van der Waals surface area contributed by atoms with Crippen LogP contribution in [0.1, 0.15) is 36.6 Å². The SMILES string of the molecule is COCc1cc(-c2nc(-c3ccc([C@H](C)N[C@H](C)C(=O)O)cc3)no2)ccc1-c1ccccc1C. The number of carboxylic acids is 1. The van der Waals surface area contributed by atoms with Crippen LogP contribution in [-0.2, 0) is 16.1 Å². The van der Waals surface area contributed by atoms with E-state index in [9.17, 15) is 4.79 Å². The Morgan fingerprint density at radius 3 is 2.43 bits per heavy atom. The first-order valence-corrected chi connectivity index (χ1v) is 11.5. The van der Waals surface area contributed by atoms with E-state index < -0.39 is 12.0 Å². The van der Waals surface area contributed by atoms with E-state index >= 15 is 0 Å². The molecule has 7 nitrogen and oxygen atoms in total. The Bertz CT molecular complexity index is 1310. The third-order valence-corrected chi connectivity index (χ3v) is 6.05. The molecule has 0 aliphatic rings. The summed E-state index contributed by atoms with van der Waals surface area (Å²) in [4.78, 5) is 15.7. The van der Waals surface area contributed by atoms with E-state index in [2.05, 4.69) is 40.6 Å². The predicted molar refractivity (Wildman–Crippen MR) is 135 cm³/mol.